The smallest absolute Gasteiger partial charge is 0.272 e. The largest absolute Gasteiger partial charge is 0.353 e. The van der Waals surface area contributed by atoms with Gasteiger partial charge in [0.2, 0.25) is 5.91 Å². The van der Waals surface area contributed by atoms with Crippen molar-refractivity contribution in [3.63, 3.8) is 0 Å². The van der Waals surface area contributed by atoms with E-state index >= 15 is 0 Å². The van der Waals surface area contributed by atoms with Gasteiger partial charge in [-0.15, -0.1) is 0 Å². The Balaban J connectivity index is 2.54. The Morgan fingerprint density at radius 3 is 2.62 bits per heavy atom. The lowest BCUT2D eigenvalue weighted by atomic mass is 10.2. The zero-order valence-electron chi connectivity index (χ0n) is 12.4. The molecule has 2 N–H and O–H groups in total. The third kappa shape index (κ3) is 5.95. The number of halogens is 1. The van der Waals surface area contributed by atoms with Gasteiger partial charge >= 0.3 is 0 Å². The summed E-state index contributed by atoms with van der Waals surface area (Å²) in [6, 6.07) is 6.83. The van der Waals surface area contributed by atoms with Crippen LogP contribution in [0.5, 0.6) is 0 Å². The highest BCUT2D eigenvalue weighted by atomic mass is 35.5. The van der Waals surface area contributed by atoms with E-state index in [2.05, 4.69) is 15.8 Å². The van der Waals surface area contributed by atoms with Gasteiger partial charge in [0.25, 0.3) is 5.91 Å². The van der Waals surface area contributed by atoms with Crippen molar-refractivity contribution >= 4 is 29.1 Å². The molecule has 1 aromatic carbocycles. The topological polar surface area (TPSA) is 70.6 Å². The Kier molecular flexibility index (Phi) is 6.88. The van der Waals surface area contributed by atoms with Crippen molar-refractivity contribution in [2.24, 2.45) is 5.10 Å². The first kappa shape index (κ1) is 17.2. The molecule has 0 radical (unpaired) electrons. The highest BCUT2D eigenvalue weighted by Gasteiger charge is 2.10. The summed E-state index contributed by atoms with van der Waals surface area (Å²) in [5.41, 5.74) is 3.27. The Bertz CT molecular complexity index is 543. The summed E-state index contributed by atoms with van der Waals surface area (Å²) >= 11 is 5.92. The van der Waals surface area contributed by atoms with E-state index in [4.69, 9.17) is 11.6 Å². The molecular formula is C15H20ClN3O2. The first-order valence-electron chi connectivity index (χ1n) is 6.81. The van der Waals surface area contributed by atoms with Crippen LogP contribution in [0, 0.1) is 0 Å². The summed E-state index contributed by atoms with van der Waals surface area (Å²) in [6.45, 7) is 5.61. The van der Waals surface area contributed by atoms with Crippen LogP contribution in [-0.2, 0) is 4.79 Å². The molecule has 0 aromatic heterocycles. The van der Waals surface area contributed by atoms with Crippen molar-refractivity contribution in [2.45, 2.75) is 39.7 Å². The molecule has 0 aliphatic heterocycles. The SMILES string of the molecule is CCC(C)NC(=O)CC(C)=NNC(=O)c1ccccc1Cl. The first-order valence-corrected chi connectivity index (χ1v) is 7.19. The van der Waals surface area contributed by atoms with Gasteiger partial charge in [-0.3, -0.25) is 9.59 Å². The Morgan fingerprint density at radius 1 is 1.33 bits per heavy atom. The van der Waals surface area contributed by atoms with E-state index in [1.54, 1.807) is 31.2 Å². The molecule has 2 amide bonds. The van der Waals surface area contributed by atoms with Crippen LogP contribution in [0.3, 0.4) is 0 Å². The molecule has 1 atom stereocenters. The summed E-state index contributed by atoms with van der Waals surface area (Å²) in [6.07, 6.45) is 1.01. The van der Waals surface area contributed by atoms with Gasteiger partial charge in [0.05, 0.1) is 17.0 Å². The number of hydrazone groups is 1. The van der Waals surface area contributed by atoms with Gasteiger partial charge in [0.1, 0.15) is 0 Å². The van der Waals surface area contributed by atoms with Crippen LogP contribution < -0.4 is 10.7 Å². The molecule has 0 fully saturated rings. The second kappa shape index (κ2) is 8.42. The molecule has 0 aliphatic carbocycles. The molecule has 1 unspecified atom stereocenters. The van der Waals surface area contributed by atoms with Crippen LogP contribution in [0.4, 0.5) is 0 Å². The van der Waals surface area contributed by atoms with Gasteiger partial charge < -0.3 is 5.32 Å². The summed E-state index contributed by atoms with van der Waals surface area (Å²) < 4.78 is 0. The fourth-order valence-electron chi connectivity index (χ4n) is 1.55. The molecule has 0 heterocycles. The van der Waals surface area contributed by atoms with E-state index in [1.165, 1.54) is 0 Å². The Hall–Kier alpha value is -1.88. The number of amides is 2. The summed E-state index contributed by atoms with van der Waals surface area (Å²) in [4.78, 5) is 23.5. The average Bonchev–Trinajstić information content (AvgIpc) is 2.44. The molecular weight excluding hydrogens is 290 g/mol. The molecule has 21 heavy (non-hydrogen) atoms. The number of hydrogen-bond donors (Lipinski definition) is 2. The van der Waals surface area contributed by atoms with Crippen molar-refractivity contribution in [3.8, 4) is 0 Å². The van der Waals surface area contributed by atoms with Gasteiger partial charge in [-0.25, -0.2) is 5.43 Å². The lowest BCUT2D eigenvalue weighted by molar-refractivity contribution is -0.120. The number of carbonyl (C=O) groups is 2. The lowest BCUT2D eigenvalue weighted by Gasteiger charge is -2.11. The molecule has 0 spiro atoms. The van der Waals surface area contributed by atoms with Gasteiger partial charge in [-0.1, -0.05) is 30.7 Å². The van der Waals surface area contributed by atoms with Gasteiger partial charge in [-0.05, 0) is 32.4 Å². The number of carbonyl (C=O) groups excluding carboxylic acids is 2. The summed E-state index contributed by atoms with van der Waals surface area (Å²) in [5.74, 6) is -0.514. The van der Waals surface area contributed by atoms with Crippen molar-refractivity contribution in [1.82, 2.24) is 10.7 Å². The molecule has 0 bridgehead atoms. The van der Waals surface area contributed by atoms with Crippen molar-refractivity contribution < 1.29 is 9.59 Å². The molecule has 6 heteroatoms. The van der Waals surface area contributed by atoms with Gasteiger partial charge in [0, 0.05) is 11.8 Å². The molecule has 0 saturated heterocycles. The maximum atomic E-state index is 11.9. The van der Waals surface area contributed by atoms with E-state index in [0.29, 0.717) is 16.3 Å². The molecule has 1 rings (SSSR count). The molecule has 5 nitrogen and oxygen atoms in total. The van der Waals surface area contributed by atoms with Crippen LogP contribution in [0.1, 0.15) is 44.0 Å². The minimum Gasteiger partial charge on any atom is -0.353 e. The maximum Gasteiger partial charge on any atom is 0.272 e. The second-order valence-corrected chi connectivity index (χ2v) is 5.23. The van der Waals surface area contributed by atoms with E-state index in [-0.39, 0.29) is 18.4 Å². The predicted molar refractivity (Wildman–Crippen MR) is 84.5 cm³/mol. The third-order valence-corrected chi connectivity index (χ3v) is 3.23. The van der Waals surface area contributed by atoms with Crippen LogP contribution >= 0.6 is 11.6 Å². The normalized spacial score (nSPS) is 12.7. The molecule has 0 aliphatic rings. The lowest BCUT2D eigenvalue weighted by Crippen LogP contribution is -2.33. The monoisotopic (exact) mass is 309 g/mol. The highest BCUT2D eigenvalue weighted by molar-refractivity contribution is 6.33. The number of nitrogens with zero attached hydrogens (tertiary/aromatic N) is 1. The van der Waals surface area contributed by atoms with Gasteiger partial charge in [-0.2, -0.15) is 5.10 Å². The van der Waals surface area contributed by atoms with Crippen LogP contribution in [0.2, 0.25) is 5.02 Å². The molecule has 1 aromatic rings. The fraction of sp³-hybridized carbons (Fsp3) is 0.400. The predicted octanol–water partition coefficient (Wildman–Crippen LogP) is 2.75. The Labute approximate surface area is 129 Å². The van der Waals surface area contributed by atoms with E-state index in [1.807, 2.05) is 13.8 Å². The van der Waals surface area contributed by atoms with Crippen molar-refractivity contribution in [2.75, 3.05) is 0 Å². The number of nitrogens with one attached hydrogen (secondary N) is 2. The number of hydrogen-bond acceptors (Lipinski definition) is 3. The highest BCUT2D eigenvalue weighted by Crippen LogP contribution is 2.14. The van der Waals surface area contributed by atoms with Crippen molar-refractivity contribution in [3.05, 3.63) is 34.9 Å². The fourth-order valence-corrected chi connectivity index (χ4v) is 1.77. The standard InChI is InChI=1S/C15H20ClN3O2/c1-4-10(2)17-14(20)9-11(3)18-19-15(21)12-7-5-6-8-13(12)16/h5-8,10H,4,9H2,1-3H3,(H,17,20)(H,19,21). The average molecular weight is 310 g/mol. The van der Waals surface area contributed by atoms with Crippen LogP contribution in [0.15, 0.2) is 29.4 Å². The van der Waals surface area contributed by atoms with E-state index < -0.39 is 5.91 Å². The number of rotatable bonds is 6. The quantitative estimate of drug-likeness (QED) is 0.626. The zero-order valence-corrected chi connectivity index (χ0v) is 13.2. The number of benzene rings is 1. The van der Waals surface area contributed by atoms with E-state index in [0.717, 1.165) is 6.42 Å². The maximum absolute atomic E-state index is 11.9. The second-order valence-electron chi connectivity index (χ2n) is 4.82. The molecule has 114 valence electrons. The minimum atomic E-state index is -0.401. The Morgan fingerprint density at radius 2 is 2.00 bits per heavy atom. The van der Waals surface area contributed by atoms with Crippen molar-refractivity contribution in [1.29, 1.82) is 0 Å². The summed E-state index contributed by atoms with van der Waals surface area (Å²) in [7, 11) is 0. The van der Waals surface area contributed by atoms with Crippen LogP contribution in [0.25, 0.3) is 0 Å². The third-order valence-electron chi connectivity index (χ3n) is 2.90. The van der Waals surface area contributed by atoms with E-state index in [9.17, 15) is 9.59 Å². The minimum absolute atomic E-state index is 0.113. The first-order chi connectivity index (χ1) is 9.93. The summed E-state index contributed by atoms with van der Waals surface area (Å²) in [5, 5.41) is 7.11. The van der Waals surface area contributed by atoms with Crippen LogP contribution in [-0.4, -0.2) is 23.6 Å². The zero-order chi connectivity index (χ0) is 15.8. The molecule has 0 saturated carbocycles. The van der Waals surface area contributed by atoms with Gasteiger partial charge in [0.15, 0.2) is 0 Å².